The van der Waals surface area contributed by atoms with Gasteiger partial charge in [-0.15, -0.1) is 0 Å². The van der Waals surface area contributed by atoms with Crippen LogP contribution in [-0.4, -0.2) is 17.1 Å². The van der Waals surface area contributed by atoms with E-state index in [0.717, 1.165) is 33.3 Å². The van der Waals surface area contributed by atoms with E-state index >= 15 is 0 Å². The number of methoxy groups -OCH3 is 1. The Morgan fingerprint density at radius 2 is 1.81 bits per heavy atom. The van der Waals surface area contributed by atoms with E-state index in [4.69, 9.17) is 16.3 Å². The van der Waals surface area contributed by atoms with E-state index in [1.54, 1.807) is 7.11 Å². The van der Waals surface area contributed by atoms with Crippen LogP contribution in [-0.2, 0) is 0 Å². The molecule has 0 radical (unpaired) electrons. The van der Waals surface area contributed by atoms with Crippen molar-refractivity contribution in [3.63, 3.8) is 0 Å². The monoisotopic (exact) mass is 298 g/mol. The van der Waals surface area contributed by atoms with Crippen LogP contribution in [0.5, 0.6) is 5.75 Å². The van der Waals surface area contributed by atoms with Gasteiger partial charge in [0.25, 0.3) is 0 Å². The lowest BCUT2D eigenvalue weighted by Gasteiger charge is -2.10. The molecular weight excluding hydrogens is 284 g/mol. The predicted octanol–water partition coefficient (Wildman–Crippen LogP) is 4.58. The maximum atomic E-state index is 6.36. The maximum absolute atomic E-state index is 6.36. The van der Waals surface area contributed by atoms with Crippen LogP contribution in [0.25, 0.3) is 22.3 Å². The molecule has 3 rings (SSSR count). The summed E-state index contributed by atoms with van der Waals surface area (Å²) in [6.07, 6.45) is 0. The number of aromatic nitrogens is 2. The van der Waals surface area contributed by atoms with Gasteiger partial charge in [0.15, 0.2) is 5.82 Å². The fourth-order valence-electron chi connectivity index (χ4n) is 2.50. The van der Waals surface area contributed by atoms with Gasteiger partial charge in [0, 0.05) is 5.39 Å². The van der Waals surface area contributed by atoms with E-state index in [1.807, 2.05) is 44.2 Å². The molecule has 106 valence electrons. The molecule has 2 aromatic carbocycles. The van der Waals surface area contributed by atoms with Crippen molar-refractivity contribution in [1.82, 2.24) is 9.97 Å². The highest BCUT2D eigenvalue weighted by atomic mass is 35.5. The standard InChI is InChI=1S/C17H15ClN2O/c1-10-8-11(2)15-13(9-10)16(18)20-17(19-15)12-6-4-5-7-14(12)21-3/h4-9H,1-3H3. The van der Waals surface area contributed by atoms with E-state index in [2.05, 4.69) is 16.0 Å². The van der Waals surface area contributed by atoms with Gasteiger partial charge >= 0.3 is 0 Å². The van der Waals surface area contributed by atoms with Gasteiger partial charge in [-0.05, 0) is 37.6 Å². The Morgan fingerprint density at radius 1 is 1.05 bits per heavy atom. The lowest BCUT2D eigenvalue weighted by molar-refractivity contribution is 0.416. The van der Waals surface area contributed by atoms with E-state index < -0.39 is 0 Å². The average Bonchev–Trinajstić information content (AvgIpc) is 2.48. The van der Waals surface area contributed by atoms with Crippen LogP contribution in [0.3, 0.4) is 0 Å². The molecule has 0 aliphatic rings. The molecule has 0 bridgehead atoms. The zero-order valence-electron chi connectivity index (χ0n) is 12.1. The summed E-state index contributed by atoms with van der Waals surface area (Å²) in [5, 5.41) is 1.35. The molecule has 3 aromatic rings. The maximum Gasteiger partial charge on any atom is 0.165 e. The van der Waals surface area contributed by atoms with Gasteiger partial charge in [-0.2, -0.15) is 0 Å². The number of nitrogens with zero attached hydrogens (tertiary/aromatic N) is 2. The lowest BCUT2D eigenvalue weighted by atomic mass is 10.1. The fraction of sp³-hybridized carbons (Fsp3) is 0.176. The molecule has 0 saturated carbocycles. The van der Waals surface area contributed by atoms with Gasteiger partial charge in [0.1, 0.15) is 10.9 Å². The quantitative estimate of drug-likeness (QED) is 0.650. The van der Waals surface area contributed by atoms with Crippen LogP contribution in [0.15, 0.2) is 36.4 Å². The zero-order chi connectivity index (χ0) is 15.0. The molecule has 1 heterocycles. The van der Waals surface area contributed by atoms with Crippen molar-refractivity contribution < 1.29 is 4.74 Å². The normalized spacial score (nSPS) is 10.9. The first-order valence-corrected chi connectivity index (χ1v) is 7.06. The minimum Gasteiger partial charge on any atom is -0.496 e. The Kier molecular flexibility index (Phi) is 3.52. The van der Waals surface area contributed by atoms with E-state index in [1.165, 1.54) is 0 Å². The number of hydrogen-bond acceptors (Lipinski definition) is 3. The van der Waals surface area contributed by atoms with Gasteiger partial charge in [-0.1, -0.05) is 35.4 Å². The molecular formula is C17H15ClN2O. The van der Waals surface area contributed by atoms with Crippen molar-refractivity contribution in [3.05, 3.63) is 52.7 Å². The molecule has 1 aromatic heterocycles. The Morgan fingerprint density at radius 3 is 2.57 bits per heavy atom. The van der Waals surface area contributed by atoms with Gasteiger partial charge in [0.05, 0.1) is 18.2 Å². The summed E-state index contributed by atoms with van der Waals surface area (Å²) >= 11 is 6.36. The van der Waals surface area contributed by atoms with Crippen LogP contribution in [0.2, 0.25) is 5.15 Å². The molecule has 0 unspecified atom stereocenters. The molecule has 0 spiro atoms. The first kappa shape index (κ1) is 13.8. The molecule has 0 amide bonds. The van der Waals surface area contributed by atoms with Crippen molar-refractivity contribution in [1.29, 1.82) is 0 Å². The van der Waals surface area contributed by atoms with E-state index in [0.29, 0.717) is 11.0 Å². The largest absolute Gasteiger partial charge is 0.496 e. The Hall–Kier alpha value is -2.13. The van der Waals surface area contributed by atoms with Gasteiger partial charge < -0.3 is 4.74 Å². The summed E-state index contributed by atoms with van der Waals surface area (Å²) in [7, 11) is 1.64. The number of ether oxygens (including phenoxy) is 1. The smallest absolute Gasteiger partial charge is 0.165 e. The third-order valence-corrected chi connectivity index (χ3v) is 3.72. The zero-order valence-corrected chi connectivity index (χ0v) is 12.9. The number of benzene rings is 2. The number of halogens is 1. The van der Waals surface area contributed by atoms with Crippen LogP contribution >= 0.6 is 11.6 Å². The van der Waals surface area contributed by atoms with Crippen LogP contribution < -0.4 is 4.74 Å². The highest BCUT2D eigenvalue weighted by molar-refractivity contribution is 6.34. The lowest BCUT2D eigenvalue weighted by Crippen LogP contribution is -1.96. The van der Waals surface area contributed by atoms with Crippen molar-refractivity contribution >= 4 is 22.5 Å². The first-order chi connectivity index (χ1) is 10.1. The van der Waals surface area contributed by atoms with E-state index in [-0.39, 0.29) is 0 Å². The minimum atomic E-state index is 0.465. The van der Waals surface area contributed by atoms with Crippen molar-refractivity contribution in [2.75, 3.05) is 7.11 Å². The third kappa shape index (κ3) is 2.45. The van der Waals surface area contributed by atoms with E-state index in [9.17, 15) is 0 Å². The molecule has 0 aliphatic heterocycles. The highest BCUT2D eigenvalue weighted by Gasteiger charge is 2.13. The SMILES string of the molecule is COc1ccccc1-c1nc(Cl)c2cc(C)cc(C)c2n1. The third-order valence-electron chi connectivity index (χ3n) is 3.44. The van der Waals surface area contributed by atoms with Gasteiger partial charge in [0.2, 0.25) is 0 Å². The van der Waals surface area contributed by atoms with Gasteiger partial charge in [-0.3, -0.25) is 0 Å². The topological polar surface area (TPSA) is 35.0 Å². The summed E-state index contributed by atoms with van der Waals surface area (Å²) in [6, 6.07) is 11.8. The molecule has 0 saturated heterocycles. The summed E-state index contributed by atoms with van der Waals surface area (Å²) in [5.41, 5.74) is 3.95. The Labute approximate surface area is 128 Å². The second-order valence-corrected chi connectivity index (χ2v) is 5.37. The molecule has 0 fully saturated rings. The van der Waals surface area contributed by atoms with Crippen LogP contribution in [0.4, 0.5) is 0 Å². The van der Waals surface area contributed by atoms with Gasteiger partial charge in [-0.25, -0.2) is 9.97 Å². The molecule has 0 N–H and O–H groups in total. The molecule has 3 nitrogen and oxygen atoms in total. The second-order valence-electron chi connectivity index (χ2n) is 5.02. The van der Waals surface area contributed by atoms with Crippen LogP contribution in [0, 0.1) is 13.8 Å². The minimum absolute atomic E-state index is 0.465. The summed E-state index contributed by atoms with van der Waals surface area (Å²) in [6.45, 7) is 4.07. The number of hydrogen-bond donors (Lipinski definition) is 0. The number of para-hydroxylation sites is 1. The summed E-state index contributed by atoms with van der Waals surface area (Å²) in [5.74, 6) is 1.31. The Balaban J connectivity index is 2.30. The second kappa shape index (κ2) is 5.34. The summed E-state index contributed by atoms with van der Waals surface area (Å²) in [4.78, 5) is 9.12. The van der Waals surface area contributed by atoms with Crippen LogP contribution in [0.1, 0.15) is 11.1 Å². The van der Waals surface area contributed by atoms with Crippen molar-refractivity contribution in [2.45, 2.75) is 13.8 Å². The fourth-order valence-corrected chi connectivity index (χ4v) is 2.72. The molecule has 0 atom stereocenters. The molecule has 4 heteroatoms. The number of rotatable bonds is 2. The molecule has 21 heavy (non-hydrogen) atoms. The molecule has 0 aliphatic carbocycles. The first-order valence-electron chi connectivity index (χ1n) is 6.68. The average molecular weight is 299 g/mol. The van der Waals surface area contributed by atoms with Crippen molar-refractivity contribution in [3.8, 4) is 17.1 Å². The number of aryl methyl sites for hydroxylation is 2. The predicted molar refractivity (Wildman–Crippen MR) is 86.0 cm³/mol. The highest BCUT2D eigenvalue weighted by Crippen LogP contribution is 2.31. The van der Waals surface area contributed by atoms with Crippen molar-refractivity contribution in [2.24, 2.45) is 0 Å². The number of fused-ring (bicyclic) bond motifs is 1. The Bertz CT molecular complexity index is 830. The summed E-state index contributed by atoms with van der Waals surface area (Å²) < 4.78 is 5.38.